The average Bonchev–Trinajstić information content (AvgIpc) is 3.37. The van der Waals surface area contributed by atoms with Crippen molar-refractivity contribution in [2.24, 2.45) is 0 Å². The first-order valence-electron chi connectivity index (χ1n) is 12.4. The van der Waals surface area contributed by atoms with E-state index in [1.807, 2.05) is 13.8 Å². The molecule has 204 valence electrons. The summed E-state index contributed by atoms with van der Waals surface area (Å²) in [4.78, 5) is 63.7. The molecule has 0 aromatic heterocycles. The Bertz CT molecular complexity index is 1240. The minimum Gasteiger partial charge on any atom is -0.442 e. The van der Waals surface area contributed by atoms with E-state index < -0.39 is 47.3 Å². The molecule has 2 N–H and O–H groups in total. The number of benzene rings is 1. The fourth-order valence-corrected chi connectivity index (χ4v) is 5.86. The van der Waals surface area contributed by atoms with E-state index in [2.05, 4.69) is 10.6 Å². The van der Waals surface area contributed by atoms with Crippen molar-refractivity contribution in [2.45, 2.75) is 69.9 Å². The average molecular weight is 553 g/mol. The zero-order chi connectivity index (χ0) is 27.4. The second kappa shape index (κ2) is 9.77. The van der Waals surface area contributed by atoms with Gasteiger partial charge in [0.25, 0.3) is 11.9 Å². The predicted octanol–water partition coefficient (Wildman–Crippen LogP) is 1.41. The van der Waals surface area contributed by atoms with Crippen molar-refractivity contribution in [2.75, 3.05) is 19.8 Å². The fourth-order valence-electron chi connectivity index (χ4n) is 5.57. The van der Waals surface area contributed by atoms with Crippen molar-refractivity contribution < 1.29 is 37.9 Å². The minimum atomic E-state index is -0.909. The van der Waals surface area contributed by atoms with E-state index in [-0.39, 0.29) is 60.3 Å². The van der Waals surface area contributed by atoms with E-state index in [4.69, 9.17) is 21.1 Å². The maximum Gasteiger partial charge on any atom is 0.407 e. The van der Waals surface area contributed by atoms with E-state index in [1.165, 1.54) is 11.0 Å². The fraction of sp³-hybridized carbons (Fsp3) is 0.583. The quantitative estimate of drug-likeness (QED) is 0.413. The molecule has 4 aliphatic rings. The van der Waals surface area contributed by atoms with E-state index >= 15 is 4.39 Å². The summed E-state index contributed by atoms with van der Waals surface area (Å²) >= 11 is 6.34. The van der Waals surface area contributed by atoms with Gasteiger partial charge >= 0.3 is 6.09 Å². The van der Waals surface area contributed by atoms with Crippen LogP contribution in [0, 0.1) is 10.7 Å². The highest BCUT2D eigenvalue weighted by atomic mass is 35.5. The summed E-state index contributed by atoms with van der Waals surface area (Å²) in [5.74, 6) is -2.61. The maximum absolute atomic E-state index is 15.4. The van der Waals surface area contributed by atoms with Gasteiger partial charge in [0.1, 0.15) is 29.3 Å². The largest absolute Gasteiger partial charge is 0.442 e. The number of piperidine rings is 1. The molecule has 0 radical (unpaired) electrons. The van der Waals surface area contributed by atoms with Gasteiger partial charge in [-0.3, -0.25) is 19.7 Å². The zero-order valence-corrected chi connectivity index (χ0v) is 21.7. The molecule has 0 aliphatic carbocycles. The first-order chi connectivity index (χ1) is 18.0. The number of carbonyl (C=O) groups is 4. The Balaban J connectivity index is 1.20. The van der Waals surface area contributed by atoms with Gasteiger partial charge in [-0.15, -0.1) is 5.01 Å². The van der Waals surface area contributed by atoms with Crippen molar-refractivity contribution in [3.05, 3.63) is 38.5 Å². The molecule has 1 aromatic carbocycles. The SMILES string of the molecule is CC1(C)OCCN2C1CC(COC(=O)NCc1cc(Cl)c3c(c1F)C(=O)N(C1CCC(=O)NC1=O)C3)[N+]2=O. The van der Waals surface area contributed by atoms with E-state index in [0.29, 0.717) is 19.6 Å². The predicted molar refractivity (Wildman–Crippen MR) is 128 cm³/mol. The number of nitrogens with zero attached hydrogens (tertiary/aromatic N) is 3. The third-order valence-corrected chi connectivity index (χ3v) is 7.97. The summed E-state index contributed by atoms with van der Waals surface area (Å²) in [6, 6.07) is -0.305. The lowest BCUT2D eigenvalue weighted by Gasteiger charge is -2.37. The number of hydrogen-bond acceptors (Lipinski definition) is 7. The number of fused-ring (bicyclic) bond motifs is 2. The number of rotatable bonds is 5. The summed E-state index contributed by atoms with van der Waals surface area (Å²) in [5, 5.41) is 6.42. The van der Waals surface area contributed by atoms with Crippen molar-refractivity contribution in [1.29, 1.82) is 0 Å². The molecule has 4 amide bonds. The number of nitroso groups, excluding NO2 is 1. The molecule has 0 bridgehead atoms. The van der Waals surface area contributed by atoms with Crippen molar-refractivity contribution in [3.63, 3.8) is 0 Å². The van der Waals surface area contributed by atoms with Crippen molar-refractivity contribution in [3.8, 4) is 0 Å². The van der Waals surface area contributed by atoms with Gasteiger partial charge in [0.2, 0.25) is 11.8 Å². The molecule has 1 aromatic rings. The van der Waals surface area contributed by atoms with Gasteiger partial charge in [0, 0.05) is 42.1 Å². The zero-order valence-electron chi connectivity index (χ0n) is 20.9. The first-order valence-corrected chi connectivity index (χ1v) is 12.8. The number of morpholine rings is 1. The van der Waals surface area contributed by atoms with Crippen LogP contribution in [0.4, 0.5) is 9.18 Å². The smallest absolute Gasteiger partial charge is 0.407 e. The Morgan fingerprint density at radius 3 is 2.84 bits per heavy atom. The standard InChI is InChI=1S/C24H27ClFN5O7/c1-24(2)17-8-13(31(36)30(17)5-6-38-24)11-37-23(35)27-9-12-7-15(25)14-10-29(22(34)19(14)20(12)26)16-3-4-18(32)28-21(16)33/h7,13,16-17H,3-6,8-11H2,1-2H3,(H-,27,28,32,33,35)/p+1. The molecule has 3 atom stereocenters. The van der Waals surface area contributed by atoms with E-state index in [0.717, 1.165) is 4.87 Å². The number of hydrazine groups is 1. The van der Waals surface area contributed by atoms with Crippen molar-refractivity contribution >= 4 is 35.4 Å². The van der Waals surface area contributed by atoms with Crippen LogP contribution in [0.15, 0.2) is 6.07 Å². The highest BCUT2D eigenvalue weighted by molar-refractivity contribution is 6.32. The molecular formula is C24H28ClFN5O7+. The summed E-state index contributed by atoms with van der Waals surface area (Å²) in [7, 11) is 0. The van der Waals surface area contributed by atoms with Crippen LogP contribution in [0.3, 0.4) is 0 Å². The molecule has 3 unspecified atom stereocenters. The van der Waals surface area contributed by atoms with Gasteiger partial charge in [0.05, 0.1) is 22.7 Å². The van der Waals surface area contributed by atoms with Gasteiger partial charge < -0.3 is 19.7 Å². The van der Waals surface area contributed by atoms with Gasteiger partial charge in [0.15, 0.2) is 6.61 Å². The van der Waals surface area contributed by atoms with Crippen LogP contribution >= 0.6 is 11.6 Å². The lowest BCUT2D eigenvalue weighted by Crippen LogP contribution is -2.55. The van der Waals surface area contributed by atoms with Crippen LogP contribution in [-0.4, -0.2) is 82.1 Å². The number of hydrogen-bond donors (Lipinski definition) is 2. The highest BCUT2D eigenvalue weighted by Crippen LogP contribution is 2.36. The molecule has 4 heterocycles. The second-order valence-corrected chi connectivity index (χ2v) is 10.8. The molecule has 4 aliphatic heterocycles. The van der Waals surface area contributed by atoms with Crippen LogP contribution in [0.25, 0.3) is 0 Å². The Hall–Kier alpha value is -3.32. The van der Waals surface area contributed by atoms with Gasteiger partial charge in [-0.2, -0.15) is 0 Å². The second-order valence-electron chi connectivity index (χ2n) is 10.4. The lowest BCUT2D eigenvalue weighted by atomic mass is 9.93. The van der Waals surface area contributed by atoms with Crippen molar-refractivity contribution in [1.82, 2.24) is 20.5 Å². The number of halogens is 2. The highest BCUT2D eigenvalue weighted by Gasteiger charge is 2.56. The van der Waals surface area contributed by atoms with Gasteiger partial charge in [-0.25, -0.2) is 9.18 Å². The first kappa shape index (κ1) is 26.3. The van der Waals surface area contributed by atoms with Crippen LogP contribution in [0.2, 0.25) is 5.02 Å². The Morgan fingerprint density at radius 1 is 1.37 bits per heavy atom. The molecule has 38 heavy (non-hydrogen) atoms. The molecule has 0 spiro atoms. The molecule has 3 fully saturated rings. The molecule has 5 rings (SSSR count). The number of ether oxygens (including phenoxy) is 2. The topological polar surface area (TPSA) is 137 Å². The molecule has 0 saturated carbocycles. The number of alkyl carbamates (subject to hydrolysis) is 1. The Morgan fingerprint density at radius 2 is 2.13 bits per heavy atom. The third-order valence-electron chi connectivity index (χ3n) is 7.63. The molecular weight excluding hydrogens is 525 g/mol. The van der Waals surface area contributed by atoms with Gasteiger partial charge in [-0.1, -0.05) is 11.6 Å². The number of imide groups is 1. The van der Waals surface area contributed by atoms with E-state index in [9.17, 15) is 24.1 Å². The van der Waals surface area contributed by atoms with E-state index in [1.54, 1.807) is 5.01 Å². The number of amides is 4. The van der Waals surface area contributed by atoms with Crippen LogP contribution in [-0.2, 0) is 32.2 Å². The minimum absolute atomic E-state index is 0.0356. The summed E-state index contributed by atoms with van der Waals surface area (Å²) in [5.41, 5.74) is -0.563. The Kier molecular flexibility index (Phi) is 6.76. The number of nitrogens with one attached hydrogen (secondary N) is 2. The van der Waals surface area contributed by atoms with Crippen LogP contribution in [0.1, 0.15) is 54.6 Å². The van der Waals surface area contributed by atoms with Crippen LogP contribution in [0.5, 0.6) is 0 Å². The maximum atomic E-state index is 15.4. The summed E-state index contributed by atoms with van der Waals surface area (Å²) < 4.78 is 26.4. The molecule has 14 heteroatoms. The lowest BCUT2D eigenvalue weighted by molar-refractivity contribution is -0.721. The number of carbonyl (C=O) groups excluding carboxylic acids is 4. The molecule has 12 nitrogen and oxygen atoms in total. The summed E-state index contributed by atoms with van der Waals surface area (Å²) in [6.45, 7) is 4.17. The Labute approximate surface area is 222 Å². The van der Waals surface area contributed by atoms with Crippen LogP contribution < -0.4 is 10.6 Å². The van der Waals surface area contributed by atoms with Gasteiger partial charge in [-0.05, 0) is 26.3 Å². The summed E-state index contributed by atoms with van der Waals surface area (Å²) in [6.07, 6.45) is -0.190. The normalized spacial score (nSPS) is 26.3. The molecule has 3 saturated heterocycles. The monoisotopic (exact) mass is 552 g/mol. The third kappa shape index (κ3) is 4.57.